The van der Waals surface area contributed by atoms with E-state index in [0.717, 1.165) is 38.7 Å². The maximum atomic E-state index is 5.44. The Morgan fingerprint density at radius 3 is 2.48 bits per heavy atom. The quantitative estimate of drug-likeness (QED) is 0.431. The van der Waals surface area contributed by atoms with E-state index in [1.165, 1.54) is 0 Å². The van der Waals surface area contributed by atoms with E-state index < -0.39 is 0 Å². The maximum absolute atomic E-state index is 5.44. The van der Waals surface area contributed by atoms with Crippen molar-refractivity contribution in [3.63, 3.8) is 0 Å². The summed E-state index contributed by atoms with van der Waals surface area (Å²) in [6.07, 6.45) is 3.61. The molecule has 0 spiro atoms. The second kappa shape index (κ2) is 6.61. The van der Waals surface area contributed by atoms with E-state index in [1.54, 1.807) is 13.3 Å². The SMILES string of the molecule is COc1ccc(/C=N/Nc2ccnc3ccccc23)c2ccccc12. The number of hydrogen-bond donors (Lipinski definition) is 1. The van der Waals surface area contributed by atoms with Gasteiger partial charge < -0.3 is 4.74 Å². The van der Waals surface area contributed by atoms with Crippen molar-refractivity contribution in [3.8, 4) is 5.75 Å². The van der Waals surface area contributed by atoms with Crippen molar-refractivity contribution in [1.29, 1.82) is 0 Å². The summed E-state index contributed by atoms with van der Waals surface area (Å²) in [5.74, 6) is 0.862. The molecule has 4 nitrogen and oxygen atoms in total. The van der Waals surface area contributed by atoms with Crippen molar-refractivity contribution >= 4 is 33.6 Å². The number of fused-ring (bicyclic) bond motifs is 2. The average Bonchev–Trinajstić information content (AvgIpc) is 2.68. The van der Waals surface area contributed by atoms with Crippen LogP contribution in [0.5, 0.6) is 5.75 Å². The highest BCUT2D eigenvalue weighted by Gasteiger charge is 2.04. The van der Waals surface area contributed by atoms with Crippen LogP contribution in [0.25, 0.3) is 21.7 Å². The molecule has 0 radical (unpaired) electrons. The second-order valence-electron chi connectivity index (χ2n) is 5.65. The zero-order valence-corrected chi connectivity index (χ0v) is 13.8. The maximum Gasteiger partial charge on any atom is 0.126 e. The van der Waals surface area contributed by atoms with Crippen LogP contribution in [0.4, 0.5) is 5.69 Å². The second-order valence-corrected chi connectivity index (χ2v) is 5.65. The largest absolute Gasteiger partial charge is 0.496 e. The molecule has 4 heteroatoms. The van der Waals surface area contributed by atoms with E-state index >= 15 is 0 Å². The Morgan fingerprint density at radius 2 is 1.64 bits per heavy atom. The zero-order chi connectivity index (χ0) is 17.1. The molecular weight excluding hydrogens is 310 g/mol. The van der Waals surface area contributed by atoms with Gasteiger partial charge >= 0.3 is 0 Å². The first-order valence-corrected chi connectivity index (χ1v) is 8.05. The summed E-state index contributed by atoms with van der Waals surface area (Å²) in [6, 6.07) is 22.0. The minimum atomic E-state index is 0.862. The monoisotopic (exact) mass is 327 g/mol. The number of aromatic nitrogens is 1. The van der Waals surface area contributed by atoms with Gasteiger partial charge in [-0.1, -0.05) is 42.5 Å². The third-order valence-corrected chi connectivity index (χ3v) is 4.18. The van der Waals surface area contributed by atoms with Gasteiger partial charge in [-0.25, -0.2) is 0 Å². The van der Waals surface area contributed by atoms with Crippen LogP contribution < -0.4 is 10.2 Å². The molecule has 3 aromatic carbocycles. The van der Waals surface area contributed by atoms with Crippen LogP contribution in [0, 0.1) is 0 Å². The van der Waals surface area contributed by atoms with Gasteiger partial charge in [0.15, 0.2) is 0 Å². The first-order chi connectivity index (χ1) is 12.4. The molecule has 0 unspecified atom stereocenters. The van der Waals surface area contributed by atoms with Crippen molar-refractivity contribution in [2.24, 2.45) is 5.10 Å². The molecule has 0 aliphatic carbocycles. The minimum absolute atomic E-state index is 0.862. The fourth-order valence-corrected chi connectivity index (χ4v) is 2.95. The molecule has 1 N–H and O–H groups in total. The van der Waals surface area contributed by atoms with Crippen molar-refractivity contribution in [1.82, 2.24) is 4.98 Å². The molecule has 1 aromatic heterocycles. The fourth-order valence-electron chi connectivity index (χ4n) is 2.95. The number of nitrogens with zero attached hydrogens (tertiary/aromatic N) is 2. The highest BCUT2D eigenvalue weighted by atomic mass is 16.5. The summed E-state index contributed by atoms with van der Waals surface area (Å²) in [4.78, 5) is 4.36. The number of anilines is 1. The molecule has 0 fully saturated rings. The Bertz CT molecular complexity index is 1070. The van der Waals surface area contributed by atoms with Gasteiger partial charge in [0, 0.05) is 22.5 Å². The van der Waals surface area contributed by atoms with Crippen LogP contribution in [0.3, 0.4) is 0 Å². The van der Waals surface area contributed by atoms with Gasteiger partial charge in [0.1, 0.15) is 5.75 Å². The van der Waals surface area contributed by atoms with Gasteiger partial charge in [0.25, 0.3) is 0 Å². The van der Waals surface area contributed by atoms with Gasteiger partial charge in [0.05, 0.1) is 24.5 Å². The predicted molar refractivity (Wildman–Crippen MR) is 103 cm³/mol. The highest BCUT2D eigenvalue weighted by Crippen LogP contribution is 2.27. The van der Waals surface area contributed by atoms with E-state index in [2.05, 4.69) is 27.6 Å². The average molecular weight is 327 g/mol. The predicted octanol–water partition coefficient (Wildman–Crippen LogP) is 4.84. The van der Waals surface area contributed by atoms with Gasteiger partial charge in [0.2, 0.25) is 0 Å². The van der Waals surface area contributed by atoms with E-state index in [0.29, 0.717) is 0 Å². The topological polar surface area (TPSA) is 46.5 Å². The number of hydrazone groups is 1. The number of rotatable bonds is 4. The van der Waals surface area contributed by atoms with Crippen LogP contribution >= 0.6 is 0 Å². The third kappa shape index (κ3) is 2.90. The normalized spacial score (nSPS) is 11.2. The smallest absolute Gasteiger partial charge is 0.126 e. The Morgan fingerprint density at radius 1 is 0.880 bits per heavy atom. The molecule has 1 heterocycles. The number of benzene rings is 3. The van der Waals surface area contributed by atoms with Crippen molar-refractivity contribution < 1.29 is 4.74 Å². The molecule has 0 amide bonds. The van der Waals surface area contributed by atoms with Crippen molar-refractivity contribution in [3.05, 3.63) is 78.5 Å². The molecule has 0 atom stereocenters. The van der Waals surface area contributed by atoms with E-state index in [1.807, 2.05) is 60.8 Å². The first-order valence-electron chi connectivity index (χ1n) is 8.05. The lowest BCUT2D eigenvalue weighted by atomic mass is 10.0. The Balaban J connectivity index is 1.67. The van der Waals surface area contributed by atoms with Gasteiger partial charge in [-0.3, -0.25) is 10.4 Å². The van der Waals surface area contributed by atoms with Gasteiger partial charge in [-0.05, 0) is 29.7 Å². The van der Waals surface area contributed by atoms with Crippen LogP contribution in [-0.4, -0.2) is 18.3 Å². The zero-order valence-electron chi connectivity index (χ0n) is 13.8. The summed E-state index contributed by atoms with van der Waals surface area (Å²) in [6.45, 7) is 0. The molecule has 0 aliphatic heterocycles. The molecule has 0 saturated carbocycles. The highest BCUT2D eigenvalue weighted by molar-refractivity contribution is 6.02. The summed E-state index contributed by atoms with van der Waals surface area (Å²) in [5.41, 5.74) is 6.03. The lowest BCUT2D eigenvalue weighted by Gasteiger charge is -2.08. The Hall–Kier alpha value is -3.40. The fraction of sp³-hybridized carbons (Fsp3) is 0.0476. The lowest BCUT2D eigenvalue weighted by molar-refractivity contribution is 0.420. The summed E-state index contributed by atoms with van der Waals surface area (Å²) in [5, 5.41) is 7.64. The summed E-state index contributed by atoms with van der Waals surface area (Å²) in [7, 11) is 1.69. The Labute approximate surface area is 145 Å². The standard InChI is InChI=1S/C21H17N3O/c1-25-21-11-10-15(16-6-2-3-7-17(16)21)14-23-24-20-12-13-22-19-9-5-4-8-18(19)20/h2-14H,1H3,(H,22,24)/b23-14+. The summed E-state index contributed by atoms with van der Waals surface area (Å²) >= 11 is 0. The first kappa shape index (κ1) is 15.1. The van der Waals surface area contributed by atoms with E-state index in [4.69, 9.17) is 4.74 Å². The molecule has 0 aliphatic rings. The molecule has 4 aromatic rings. The van der Waals surface area contributed by atoms with Crippen LogP contribution in [0.1, 0.15) is 5.56 Å². The number of ether oxygens (including phenoxy) is 1. The number of pyridine rings is 1. The molecule has 25 heavy (non-hydrogen) atoms. The summed E-state index contributed by atoms with van der Waals surface area (Å²) < 4.78 is 5.44. The van der Waals surface area contributed by atoms with Gasteiger partial charge in [-0.2, -0.15) is 5.10 Å². The van der Waals surface area contributed by atoms with Crippen LogP contribution in [-0.2, 0) is 0 Å². The van der Waals surface area contributed by atoms with Gasteiger partial charge in [-0.15, -0.1) is 0 Å². The van der Waals surface area contributed by atoms with E-state index in [9.17, 15) is 0 Å². The molecule has 4 rings (SSSR count). The third-order valence-electron chi connectivity index (χ3n) is 4.18. The van der Waals surface area contributed by atoms with Crippen molar-refractivity contribution in [2.45, 2.75) is 0 Å². The lowest BCUT2D eigenvalue weighted by Crippen LogP contribution is -1.94. The van der Waals surface area contributed by atoms with Crippen LogP contribution in [0.15, 0.2) is 78.0 Å². The van der Waals surface area contributed by atoms with Crippen LogP contribution in [0.2, 0.25) is 0 Å². The molecule has 0 saturated heterocycles. The number of methoxy groups -OCH3 is 1. The number of hydrogen-bond acceptors (Lipinski definition) is 4. The Kier molecular flexibility index (Phi) is 4.01. The molecule has 0 bridgehead atoms. The van der Waals surface area contributed by atoms with Crippen molar-refractivity contribution in [2.75, 3.05) is 12.5 Å². The van der Waals surface area contributed by atoms with E-state index in [-0.39, 0.29) is 0 Å². The number of para-hydroxylation sites is 1. The molecular formula is C21H17N3O. The number of nitrogens with one attached hydrogen (secondary N) is 1. The molecule has 122 valence electrons. The minimum Gasteiger partial charge on any atom is -0.496 e.